The molecule has 1 aromatic carbocycles. The van der Waals surface area contributed by atoms with Gasteiger partial charge >= 0.3 is 0 Å². The van der Waals surface area contributed by atoms with Crippen molar-refractivity contribution < 1.29 is 4.79 Å². The standard InChI is InChI=1S/C20H32N2O/c1-13(2)20(23)22-8-7-19(17(6)12-22)21-11-18-10-15(4)14(3)9-16(18)5/h9-10,13,17,19,21H,7-8,11-12H2,1-6H3/t17-,19+/m0/s1. The third-order valence-electron chi connectivity index (χ3n) is 5.22. The topological polar surface area (TPSA) is 32.3 Å². The van der Waals surface area contributed by atoms with Crippen molar-refractivity contribution in [1.29, 1.82) is 0 Å². The fourth-order valence-electron chi connectivity index (χ4n) is 3.47. The maximum Gasteiger partial charge on any atom is 0.225 e. The maximum absolute atomic E-state index is 12.1. The molecule has 23 heavy (non-hydrogen) atoms. The lowest BCUT2D eigenvalue weighted by atomic mass is 9.92. The molecule has 1 aliphatic heterocycles. The van der Waals surface area contributed by atoms with Crippen LogP contribution in [0.3, 0.4) is 0 Å². The van der Waals surface area contributed by atoms with Crippen molar-refractivity contribution in [3.63, 3.8) is 0 Å². The Morgan fingerprint density at radius 2 is 1.87 bits per heavy atom. The molecule has 1 aromatic rings. The lowest BCUT2D eigenvalue weighted by molar-refractivity contribution is -0.136. The number of nitrogens with one attached hydrogen (secondary N) is 1. The molecule has 1 heterocycles. The minimum atomic E-state index is 0.102. The largest absolute Gasteiger partial charge is 0.342 e. The second kappa shape index (κ2) is 7.48. The highest BCUT2D eigenvalue weighted by atomic mass is 16.2. The molecule has 2 rings (SSSR count). The molecule has 3 heteroatoms. The number of likely N-dealkylation sites (tertiary alicyclic amines) is 1. The summed E-state index contributed by atoms with van der Waals surface area (Å²) in [5, 5.41) is 3.73. The van der Waals surface area contributed by atoms with Crippen molar-refractivity contribution >= 4 is 5.91 Å². The maximum atomic E-state index is 12.1. The fraction of sp³-hybridized carbons (Fsp3) is 0.650. The molecule has 0 aliphatic carbocycles. The van der Waals surface area contributed by atoms with Gasteiger partial charge in [-0.25, -0.2) is 0 Å². The average Bonchev–Trinajstić information content (AvgIpc) is 2.49. The second-order valence-electron chi connectivity index (χ2n) is 7.56. The first kappa shape index (κ1) is 18.0. The van der Waals surface area contributed by atoms with Crippen LogP contribution >= 0.6 is 0 Å². The molecule has 3 nitrogen and oxygen atoms in total. The smallest absolute Gasteiger partial charge is 0.225 e. The van der Waals surface area contributed by atoms with Gasteiger partial charge in [-0.1, -0.05) is 32.9 Å². The van der Waals surface area contributed by atoms with E-state index in [-0.39, 0.29) is 5.92 Å². The van der Waals surface area contributed by atoms with Gasteiger partial charge in [0.05, 0.1) is 0 Å². The Morgan fingerprint density at radius 3 is 2.48 bits per heavy atom. The summed E-state index contributed by atoms with van der Waals surface area (Å²) in [5.74, 6) is 0.892. The van der Waals surface area contributed by atoms with Crippen LogP contribution in [0.4, 0.5) is 0 Å². The van der Waals surface area contributed by atoms with Crippen molar-refractivity contribution in [1.82, 2.24) is 10.2 Å². The van der Waals surface area contributed by atoms with Crippen LogP contribution in [-0.2, 0) is 11.3 Å². The summed E-state index contributed by atoms with van der Waals surface area (Å²) < 4.78 is 0. The number of nitrogens with zero attached hydrogens (tertiary/aromatic N) is 1. The van der Waals surface area contributed by atoms with Gasteiger partial charge in [0.15, 0.2) is 0 Å². The van der Waals surface area contributed by atoms with Crippen LogP contribution in [0, 0.1) is 32.6 Å². The summed E-state index contributed by atoms with van der Waals surface area (Å²) in [4.78, 5) is 14.2. The molecule has 1 N–H and O–H groups in total. The second-order valence-corrected chi connectivity index (χ2v) is 7.56. The third kappa shape index (κ3) is 4.35. The molecule has 0 saturated carbocycles. The van der Waals surface area contributed by atoms with E-state index in [0.717, 1.165) is 26.1 Å². The summed E-state index contributed by atoms with van der Waals surface area (Å²) in [6.07, 6.45) is 1.05. The van der Waals surface area contributed by atoms with E-state index in [1.165, 1.54) is 22.3 Å². The van der Waals surface area contributed by atoms with Crippen LogP contribution in [0.25, 0.3) is 0 Å². The summed E-state index contributed by atoms with van der Waals surface area (Å²) in [6.45, 7) is 15.4. The van der Waals surface area contributed by atoms with E-state index in [4.69, 9.17) is 0 Å². The molecular formula is C20H32N2O. The first-order valence-electron chi connectivity index (χ1n) is 8.88. The van der Waals surface area contributed by atoms with E-state index in [1.54, 1.807) is 0 Å². The number of hydrogen-bond acceptors (Lipinski definition) is 2. The van der Waals surface area contributed by atoms with Crippen molar-refractivity contribution in [3.05, 3.63) is 34.4 Å². The Labute approximate surface area is 141 Å². The van der Waals surface area contributed by atoms with Gasteiger partial charge in [0.1, 0.15) is 0 Å². The van der Waals surface area contributed by atoms with Crippen LogP contribution < -0.4 is 5.32 Å². The molecular weight excluding hydrogens is 284 g/mol. The average molecular weight is 316 g/mol. The molecule has 1 fully saturated rings. The SMILES string of the molecule is Cc1cc(C)c(CN[C@@H]2CCN(C(=O)C(C)C)C[C@@H]2C)cc1C. The molecule has 0 bridgehead atoms. The Morgan fingerprint density at radius 1 is 1.22 bits per heavy atom. The first-order valence-corrected chi connectivity index (χ1v) is 8.88. The van der Waals surface area contributed by atoms with Crippen LogP contribution in [0.1, 0.15) is 49.4 Å². The molecule has 0 radical (unpaired) electrons. The van der Waals surface area contributed by atoms with E-state index in [2.05, 4.69) is 45.1 Å². The fourth-order valence-corrected chi connectivity index (χ4v) is 3.47. The van der Waals surface area contributed by atoms with Crippen LogP contribution in [0.5, 0.6) is 0 Å². The normalized spacial score (nSPS) is 21.8. The van der Waals surface area contributed by atoms with Crippen LogP contribution in [0.15, 0.2) is 12.1 Å². The van der Waals surface area contributed by atoms with Gasteiger partial charge < -0.3 is 10.2 Å². The zero-order valence-corrected chi connectivity index (χ0v) is 15.6. The Bertz CT molecular complexity index is 565. The van der Waals surface area contributed by atoms with Gasteiger partial charge in [-0.2, -0.15) is 0 Å². The number of rotatable bonds is 4. The Balaban J connectivity index is 1.93. The van der Waals surface area contributed by atoms with E-state index in [1.807, 2.05) is 18.7 Å². The number of amides is 1. The lowest BCUT2D eigenvalue weighted by Crippen LogP contribution is -2.50. The van der Waals surface area contributed by atoms with Gasteiger partial charge in [-0.3, -0.25) is 4.79 Å². The van der Waals surface area contributed by atoms with Crippen molar-refractivity contribution in [2.45, 2.75) is 60.5 Å². The molecule has 0 aromatic heterocycles. The molecule has 2 atom stereocenters. The summed E-state index contributed by atoms with van der Waals surface area (Å²) in [6, 6.07) is 5.08. The molecule has 0 spiro atoms. The van der Waals surface area contributed by atoms with Crippen molar-refractivity contribution in [2.75, 3.05) is 13.1 Å². The number of piperidine rings is 1. The van der Waals surface area contributed by atoms with E-state index in [9.17, 15) is 4.79 Å². The summed E-state index contributed by atoms with van der Waals surface area (Å²) >= 11 is 0. The van der Waals surface area contributed by atoms with Gasteiger partial charge in [-0.05, 0) is 55.4 Å². The van der Waals surface area contributed by atoms with Gasteiger partial charge in [0.2, 0.25) is 5.91 Å². The highest BCUT2D eigenvalue weighted by Gasteiger charge is 2.29. The molecule has 128 valence electrons. The van der Waals surface area contributed by atoms with E-state index < -0.39 is 0 Å². The lowest BCUT2D eigenvalue weighted by Gasteiger charge is -2.38. The molecule has 1 saturated heterocycles. The first-order chi connectivity index (χ1) is 10.8. The third-order valence-corrected chi connectivity index (χ3v) is 5.22. The van der Waals surface area contributed by atoms with Gasteiger partial charge in [0.25, 0.3) is 0 Å². The molecule has 0 unspecified atom stereocenters. The monoisotopic (exact) mass is 316 g/mol. The number of carbonyl (C=O) groups excluding carboxylic acids is 1. The summed E-state index contributed by atoms with van der Waals surface area (Å²) in [7, 11) is 0. The summed E-state index contributed by atoms with van der Waals surface area (Å²) in [5.41, 5.74) is 5.47. The van der Waals surface area contributed by atoms with E-state index in [0.29, 0.717) is 17.9 Å². The predicted molar refractivity (Wildman–Crippen MR) is 96.5 cm³/mol. The zero-order chi connectivity index (χ0) is 17.1. The highest BCUT2D eigenvalue weighted by molar-refractivity contribution is 5.78. The number of aryl methyl sites for hydroxylation is 3. The van der Waals surface area contributed by atoms with Gasteiger partial charge in [0, 0.05) is 31.6 Å². The van der Waals surface area contributed by atoms with Gasteiger partial charge in [-0.15, -0.1) is 0 Å². The van der Waals surface area contributed by atoms with E-state index >= 15 is 0 Å². The molecule has 1 amide bonds. The number of benzene rings is 1. The predicted octanol–water partition coefficient (Wildman–Crippen LogP) is 3.59. The van der Waals surface area contributed by atoms with Crippen molar-refractivity contribution in [2.24, 2.45) is 11.8 Å². The molecule has 1 aliphatic rings. The minimum Gasteiger partial charge on any atom is -0.342 e. The zero-order valence-electron chi connectivity index (χ0n) is 15.6. The minimum absolute atomic E-state index is 0.102. The van der Waals surface area contributed by atoms with Crippen LogP contribution in [-0.4, -0.2) is 29.9 Å². The number of carbonyl (C=O) groups is 1. The van der Waals surface area contributed by atoms with Crippen molar-refractivity contribution in [3.8, 4) is 0 Å². The van der Waals surface area contributed by atoms with Crippen LogP contribution in [0.2, 0.25) is 0 Å². The number of hydrogen-bond donors (Lipinski definition) is 1. The highest BCUT2D eigenvalue weighted by Crippen LogP contribution is 2.20. The Kier molecular flexibility index (Phi) is 5.85. The Hall–Kier alpha value is -1.35. The quantitative estimate of drug-likeness (QED) is 0.920.